The fourth-order valence-electron chi connectivity index (χ4n) is 3.53. The first-order valence-corrected chi connectivity index (χ1v) is 10.9. The van der Waals surface area contributed by atoms with Gasteiger partial charge in [-0.15, -0.1) is 25.5 Å². The van der Waals surface area contributed by atoms with E-state index in [1.807, 2.05) is 0 Å². The summed E-state index contributed by atoms with van der Waals surface area (Å²) in [5.74, 6) is -0.488. The Bertz CT molecular complexity index is 1720. The molecule has 192 valence electrons. The van der Waals surface area contributed by atoms with Crippen LogP contribution in [0.3, 0.4) is 0 Å². The van der Waals surface area contributed by atoms with Crippen LogP contribution in [-0.2, 0) is 0 Å². The summed E-state index contributed by atoms with van der Waals surface area (Å²) in [6, 6.07) is 8.19. The number of aromatic nitrogens is 6. The fourth-order valence-corrected chi connectivity index (χ4v) is 3.53. The SMILES string of the molecule is CN=Nc1c2[nH]n(/N=C/c3ccc(O)cc3O)nc-2/c(=N/NC)c2nn(/N=C/c3ccc(O)cc3O)nc12. The summed E-state index contributed by atoms with van der Waals surface area (Å²) in [7, 11) is 3.11. The van der Waals surface area contributed by atoms with Gasteiger partial charge in [0.1, 0.15) is 56.5 Å². The third kappa shape index (κ3) is 4.43. The highest BCUT2D eigenvalue weighted by Crippen LogP contribution is 2.33. The maximum absolute atomic E-state index is 10.0. The lowest BCUT2D eigenvalue weighted by Gasteiger charge is -2.01. The molecular weight excluding hydrogens is 496 g/mol. The molecule has 6 N–H and O–H groups in total. The number of aromatic hydroxyl groups is 4. The molecule has 0 fully saturated rings. The molecule has 0 saturated heterocycles. The van der Waals surface area contributed by atoms with E-state index >= 15 is 0 Å². The highest BCUT2D eigenvalue weighted by molar-refractivity contribution is 5.95. The quantitative estimate of drug-likeness (QED) is 0.110. The molecule has 0 amide bonds. The first-order chi connectivity index (χ1) is 18.4. The van der Waals surface area contributed by atoms with Gasteiger partial charge in [-0.1, -0.05) is 9.81 Å². The molecule has 38 heavy (non-hydrogen) atoms. The van der Waals surface area contributed by atoms with E-state index < -0.39 is 0 Å². The van der Waals surface area contributed by atoms with Crippen molar-refractivity contribution in [3.05, 3.63) is 52.9 Å². The van der Waals surface area contributed by atoms with Crippen LogP contribution in [0.1, 0.15) is 11.1 Å². The lowest BCUT2D eigenvalue weighted by Crippen LogP contribution is -2.15. The maximum Gasteiger partial charge on any atom is 0.147 e. The van der Waals surface area contributed by atoms with E-state index in [9.17, 15) is 20.4 Å². The van der Waals surface area contributed by atoms with E-state index in [1.54, 1.807) is 7.05 Å². The van der Waals surface area contributed by atoms with Crippen molar-refractivity contribution in [1.82, 2.24) is 35.6 Å². The Morgan fingerprint density at radius 1 is 0.868 bits per heavy atom. The standard InChI is InChI=1S/C22H20N12O4/c1-23-27-17-19-21(31-33(29-19)25-9-11-3-5-13(35)7-15(11)37)18(28-24-2)22-20(17)30-34(32-22)26-10-12-4-6-14(36)8-16(12)38/h3-10,23,31,35-38H,1-2H3/b25-9+,26-10+,27-17-,28-24?. The summed E-state index contributed by atoms with van der Waals surface area (Å²) in [5.41, 5.74) is 5.06. The monoisotopic (exact) mass is 516 g/mol. The smallest absolute Gasteiger partial charge is 0.147 e. The number of phenols is 4. The fraction of sp³-hybridized carbons (Fsp3) is 0.0909. The molecule has 3 aromatic rings. The molecule has 1 aliphatic heterocycles. The van der Waals surface area contributed by atoms with Crippen molar-refractivity contribution in [2.45, 2.75) is 0 Å². The Kier molecular flexibility index (Phi) is 6.10. The van der Waals surface area contributed by atoms with Crippen LogP contribution in [0, 0.1) is 0 Å². The van der Waals surface area contributed by atoms with Crippen LogP contribution in [0.25, 0.3) is 22.4 Å². The van der Waals surface area contributed by atoms with Crippen molar-refractivity contribution in [2.24, 2.45) is 25.5 Å². The van der Waals surface area contributed by atoms with Crippen LogP contribution in [0.4, 0.5) is 5.69 Å². The minimum atomic E-state index is -0.167. The normalized spacial score (nSPS) is 12.7. The molecule has 5 rings (SSSR count). The van der Waals surface area contributed by atoms with Crippen LogP contribution in [0.2, 0.25) is 0 Å². The van der Waals surface area contributed by atoms with Gasteiger partial charge in [-0.3, -0.25) is 5.10 Å². The second-order valence-corrected chi connectivity index (χ2v) is 7.70. The summed E-state index contributed by atoms with van der Waals surface area (Å²) < 4.78 is 0. The molecule has 0 spiro atoms. The number of nitrogens with one attached hydrogen (secondary N) is 2. The Hall–Kier alpha value is -5.80. The molecule has 2 aliphatic rings. The lowest BCUT2D eigenvalue weighted by molar-refractivity contribution is 0.449. The first-order valence-electron chi connectivity index (χ1n) is 10.9. The predicted octanol–water partition coefficient (Wildman–Crippen LogP) is 1.40. The number of hydrogen-bond donors (Lipinski definition) is 6. The Labute approximate surface area is 212 Å². The summed E-state index contributed by atoms with van der Waals surface area (Å²) in [6.07, 6.45) is 2.68. The maximum atomic E-state index is 10.0. The molecule has 0 unspecified atom stereocenters. The number of H-pyrrole nitrogens is 1. The number of phenolic OH excluding ortho intramolecular Hbond substituents is 4. The summed E-state index contributed by atoms with van der Waals surface area (Å²) in [6.45, 7) is 0. The van der Waals surface area contributed by atoms with Crippen LogP contribution in [0.5, 0.6) is 23.0 Å². The van der Waals surface area contributed by atoms with Gasteiger partial charge < -0.3 is 25.9 Å². The summed E-state index contributed by atoms with van der Waals surface area (Å²) >= 11 is 0. The minimum absolute atomic E-state index is 0.0795. The largest absolute Gasteiger partial charge is 0.508 e. The highest BCUT2D eigenvalue weighted by Gasteiger charge is 2.25. The van der Waals surface area contributed by atoms with Crippen LogP contribution < -0.4 is 10.8 Å². The second-order valence-electron chi connectivity index (χ2n) is 7.70. The van der Waals surface area contributed by atoms with E-state index in [0.29, 0.717) is 44.6 Å². The van der Waals surface area contributed by atoms with Gasteiger partial charge in [0.2, 0.25) is 0 Å². The molecule has 16 heteroatoms. The molecule has 16 nitrogen and oxygen atoms in total. The molecule has 0 radical (unpaired) electrons. The number of rotatable bonds is 6. The summed E-state index contributed by atoms with van der Waals surface area (Å²) in [5, 5.41) is 76.3. The third-order valence-electron chi connectivity index (χ3n) is 5.21. The van der Waals surface area contributed by atoms with Crippen LogP contribution in [-0.4, -0.2) is 77.2 Å². The van der Waals surface area contributed by atoms with Gasteiger partial charge >= 0.3 is 0 Å². The summed E-state index contributed by atoms with van der Waals surface area (Å²) in [4.78, 5) is 2.19. The molecular formula is C22H20N12O4. The molecule has 2 aromatic carbocycles. The highest BCUT2D eigenvalue weighted by atomic mass is 16.3. The van der Waals surface area contributed by atoms with Crippen LogP contribution in [0.15, 0.2) is 61.9 Å². The van der Waals surface area contributed by atoms with E-state index in [-0.39, 0.29) is 23.0 Å². The van der Waals surface area contributed by atoms with E-state index in [4.69, 9.17) is 0 Å². The first kappa shape index (κ1) is 23.9. The Morgan fingerprint density at radius 3 is 2.11 bits per heavy atom. The average molecular weight is 516 g/mol. The number of benzene rings is 3. The molecule has 0 saturated carbocycles. The molecule has 1 aliphatic carbocycles. The topological polar surface area (TPSA) is 219 Å². The number of hydrogen-bond acceptors (Lipinski definition) is 13. The Balaban J connectivity index is 1.64. The van der Waals surface area contributed by atoms with Crippen molar-refractivity contribution in [3.63, 3.8) is 0 Å². The second kappa shape index (κ2) is 9.69. The van der Waals surface area contributed by atoms with Crippen molar-refractivity contribution in [3.8, 4) is 34.4 Å². The third-order valence-corrected chi connectivity index (χ3v) is 5.21. The van der Waals surface area contributed by atoms with Gasteiger partial charge in [-0.05, 0) is 24.3 Å². The molecule has 0 atom stereocenters. The van der Waals surface area contributed by atoms with Gasteiger partial charge in [0, 0.05) is 37.4 Å². The van der Waals surface area contributed by atoms with Gasteiger partial charge in [0.25, 0.3) is 0 Å². The predicted molar refractivity (Wildman–Crippen MR) is 135 cm³/mol. The number of nitrogens with zero attached hydrogens (tertiary/aromatic N) is 10. The van der Waals surface area contributed by atoms with Gasteiger partial charge in [0.15, 0.2) is 0 Å². The molecule has 1 aromatic heterocycles. The zero-order valence-corrected chi connectivity index (χ0v) is 19.9. The van der Waals surface area contributed by atoms with Gasteiger partial charge in [0.05, 0.1) is 12.4 Å². The minimum Gasteiger partial charge on any atom is -0.508 e. The zero-order chi connectivity index (χ0) is 26.8. The van der Waals surface area contributed by atoms with Crippen molar-refractivity contribution in [1.29, 1.82) is 0 Å². The average Bonchev–Trinajstić information content (AvgIpc) is 3.50. The number of azo groups is 1. The van der Waals surface area contributed by atoms with Crippen molar-refractivity contribution in [2.75, 3.05) is 14.1 Å². The Morgan fingerprint density at radius 2 is 1.50 bits per heavy atom. The van der Waals surface area contributed by atoms with Gasteiger partial charge in [-0.2, -0.15) is 15.3 Å². The lowest BCUT2D eigenvalue weighted by atomic mass is 10.1. The number of aromatic amines is 1. The molecule has 2 heterocycles. The van der Waals surface area contributed by atoms with E-state index in [1.165, 1.54) is 55.9 Å². The zero-order valence-electron chi connectivity index (χ0n) is 19.9. The molecule has 0 bridgehead atoms. The number of fused-ring (bicyclic) bond motifs is 2. The van der Waals surface area contributed by atoms with Crippen molar-refractivity contribution >= 4 is 29.1 Å². The van der Waals surface area contributed by atoms with E-state index in [2.05, 4.69) is 51.4 Å². The van der Waals surface area contributed by atoms with E-state index in [0.717, 1.165) is 9.81 Å². The van der Waals surface area contributed by atoms with Crippen molar-refractivity contribution < 1.29 is 20.4 Å². The van der Waals surface area contributed by atoms with Gasteiger partial charge in [-0.25, -0.2) is 0 Å². The van der Waals surface area contributed by atoms with Crippen LogP contribution >= 0.6 is 0 Å².